The average molecular weight is 507 g/mol. The van der Waals surface area contributed by atoms with E-state index in [9.17, 15) is 14.4 Å². The number of fused-ring (bicyclic) bond motifs is 1. The van der Waals surface area contributed by atoms with Gasteiger partial charge in [-0.2, -0.15) is 0 Å². The number of benzene rings is 1. The quantitative estimate of drug-likeness (QED) is 0.395. The Morgan fingerprint density at radius 1 is 1.24 bits per heavy atom. The van der Waals surface area contributed by atoms with Crippen LogP contribution in [0.1, 0.15) is 56.0 Å². The third-order valence-electron chi connectivity index (χ3n) is 7.37. The maximum Gasteiger partial charge on any atom is 0.255 e. The number of piperidine rings is 2. The molecule has 198 valence electrons. The van der Waals surface area contributed by atoms with E-state index in [0.717, 1.165) is 37.4 Å². The van der Waals surface area contributed by atoms with Gasteiger partial charge in [0, 0.05) is 50.2 Å². The van der Waals surface area contributed by atoms with Crippen LogP contribution >= 0.6 is 0 Å². The lowest BCUT2D eigenvalue weighted by Gasteiger charge is -2.40. The minimum absolute atomic E-state index is 0.0472. The lowest BCUT2D eigenvalue weighted by atomic mass is 9.99. The molecule has 0 bridgehead atoms. The van der Waals surface area contributed by atoms with Gasteiger partial charge in [-0.25, -0.2) is 0 Å². The number of hydrogen-bond acceptors (Lipinski definition) is 6. The Morgan fingerprint density at radius 3 is 2.78 bits per heavy atom. The topological polar surface area (TPSA) is 91.0 Å². The largest absolute Gasteiger partial charge is 0.487 e. The minimum atomic E-state index is -0.619. The fourth-order valence-electron chi connectivity index (χ4n) is 5.21. The van der Waals surface area contributed by atoms with Crippen molar-refractivity contribution in [2.24, 2.45) is 0 Å². The van der Waals surface area contributed by atoms with Crippen LogP contribution in [0, 0.1) is 0 Å². The van der Waals surface area contributed by atoms with Crippen molar-refractivity contribution in [2.45, 2.75) is 70.8 Å². The van der Waals surface area contributed by atoms with E-state index in [1.54, 1.807) is 17.0 Å². The van der Waals surface area contributed by atoms with Gasteiger partial charge in [-0.15, -0.1) is 0 Å². The molecule has 2 N–H and O–H groups in total. The number of nitrogens with one attached hydrogen (secondary N) is 2. The van der Waals surface area contributed by atoms with Crippen LogP contribution in [-0.4, -0.2) is 71.4 Å². The van der Waals surface area contributed by atoms with Crippen LogP contribution in [0.2, 0.25) is 0 Å². The molecule has 2 fully saturated rings. The molecule has 3 aliphatic heterocycles. The number of likely N-dealkylation sites (tertiary alicyclic amines) is 1. The van der Waals surface area contributed by atoms with Crippen LogP contribution in [0.5, 0.6) is 5.75 Å². The van der Waals surface area contributed by atoms with E-state index >= 15 is 0 Å². The van der Waals surface area contributed by atoms with E-state index in [1.165, 1.54) is 5.57 Å². The van der Waals surface area contributed by atoms with Crippen LogP contribution in [0.4, 0.5) is 0 Å². The SMILES string of the molecule is C=C/C=C\C=C(/C)CN[C@H]1CCN(C(C)C)C[C@@H]1Oc1ccc2c(c1)CN(C1CCC(=O)NC1=O)C2=O. The van der Waals surface area contributed by atoms with E-state index in [1.807, 2.05) is 24.3 Å². The summed E-state index contributed by atoms with van der Waals surface area (Å²) in [4.78, 5) is 40.9. The van der Waals surface area contributed by atoms with Gasteiger partial charge in [0.25, 0.3) is 5.91 Å². The molecule has 3 atom stereocenters. The second-order valence-electron chi connectivity index (χ2n) is 10.4. The Hall–Kier alpha value is -3.23. The number of ether oxygens (including phenoxy) is 1. The lowest BCUT2D eigenvalue weighted by Crippen LogP contribution is -2.56. The molecular formula is C29H38N4O4. The van der Waals surface area contributed by atoms with Gasteiger partial charge in [0.2, 0.25) is 11.8 Å². The van der Waals surface area contributed by atoms with Gasteiger partial charge in [0.1, 0.15) is 17.9 Å². The molecule has 0 spiro atoms. The normalized spacial score (nSPS) is 25.1. The maximum atomic E-state index is 13.0. The molecule has 2 saturated heterocycles. The molecule has 0 aliphatic carbocycles. The second kappa shape index (κ2) is 11.9. The highest BCUT2D eigenvalue weighted by atomic mass is 16.5. The standard InChI is InChI=1S/C29H38N4O4/c1-5-6-7-8-20(4)16-30-24-13-14-32(19(2)3)18-26(24)37-22-9-10-23-21(15-22)17-33(29(23)36)25-11-12-27(34)31-28(25)35/h5-10,15,19,24-26,30H,1,11-14,16-18H2,2-4H3,(H,31,34,35)/b7-6-,20-8+/t24-,25?,26-/m0/s1. The number of imide groups is 1. The molecule has 1 aromatic carbocycles. The van der Waals surface area contributed by atoms with Crippen molar-refractivity contribution in [2.75, 3.05) is 19.6 Å². The van der Waals surface area contributed by atoms with Crippen LogP contribution in [-0.2, 0) is 16.1 Å². The smallest absolute Gasteiger partial charge is 0.255 e. The summed E-state index contributed by atoms with van der Waals surface area (Å²) < 4.78 is 6.55. The molecule has 8 heteroatoms. The van der Waals surface area contributed by atoms with Crippen molar-refractivity contribution in [3.8, 4) is 5.75 Å². The fourth-order valence-corrected chi connectivity index (χ4v) is 5.21. The summed E-state index contributed by atoms with van der Waals surface area (Å²) in [5.41, 5.74) is 2.67. The van der Waals surface area contributed by atoms with E-state index in [2.05, 4.69) is 49.0 Å². The highest BCUT2D eigenvalue weighted by Gasteiger charge is 2.39. The molecule has 0 aromatic heterocycles. The second-order valence-corrected chi connectivity index (χ2v) is 10.4. The first-order chi connectivity index (χ1) is 17.8. The van der Waals surface area contributed by atoms with Crippen molar-refractivity contribution in [1.29, 1.82) is 0 Å². The average Bonchev–Trinajstić information content (AvgIpc) is 3.18. The van der Waals surface area contributed by atoms with Gasteiger partial charge < -0.3 is 15.0 Å². The summed E-state index contributed by atoms with van der Waals surface area (Å²) in [5.74, 6) is -0.138. The van der Waals surface area contributed by atoms with Crippen molar-refractivity contribution < 1.29 is 19.1 Å². The van der Waals surface area contributed by atoms with Crippen molar-refractivity contribution in [1.82, 2.24) is 20.4 Å². The number of carbonyl (C=O) groups is 3. The van der Waals surface area contributed by atoms with Crippen molar-refractivity contribution >= 4 is 17.7 Å². The fraction of sp³-hybridized carbons (Fsp3) is 0.483. The summed E-state index contributed by atoms with van der Waals surface area (Å²) in [5, 5.41) is 6.03. The maximum absolute atomic E-state index is 13.0. The number of hydrogen-bond donors (Lipinski definition) is 2. The summed E-state index contributed by atoms with van der Waals surface area (Å²) in [7, 11) is 0. The van der Waals surface area contributed by atoms with Gasteiger partial charge in [-0.05, 0) is 57.4 Å². The van der Waals surface area contributed by atoms with Crippen molar-refractivity contribution in [3.05, 3.63) is 65.8 Å². The highest BCUT2D eigenvalue weighted by molar-refractivity contribution is 6.05. The Morgan fingerprint density at radius 2 is 2.05 bits per heavy atom. The summed E-state index contributed by atoms with van der Waals surface area (Å²) in [6, 6.07) is 5.57. The lowest BCUT2D eigenvalue weighted by molar-refractivity contribution is -0.136. The zero-order valence-corrected chi connectivity index (χ0v) is 22.0. The molecule has 37 heavy (non-hydrogen) atoms. The van der Waals surface area contributed by atoms with Crippen LogP contribution < -0.4 is 15.4 Å². The van der Waals surface area contributed by atoms with E-state index in [-0.39, 0.29) is 30.4 Å². The van der Waals surface area contributed by atoms with Gasteiger partial charge >= 0.3 is 0 Å². The molecule has 0 saturated carbocycles. The molecule has 1 unspecified atom stereocenters. The first-order valence-corrected chi connectivity index (χ1v) is 13.1. The molecule has 3 amide bonds. The van der Waals surface area contributed by atoms with Gasteiger partial charge in [-0.1, -0.05) is 36.5 Å². The molecule has 8 nitrogen and oxygen atoms in total. The summed E-state index contributed by atoms with van der Waals surface area (Å²) in [6.07, 6.45) is 9.27. The third-order valence-corrected chi connectivity index (χ3v) is 7.37. The predicted molar refractivity (Wildman–Crippen MR) is 143 cm³/mol. The number of rotatable bonds is 9. The number of amides is 3. The molecule has 3 aliphatic rings. The monoisotopic (exact) mass is 506 g/mol. The summed E-state index contributed by atoms with van der Waals surface area (Å²) >= 11 is 0. The molecule has 0 radical (unpaired) electrons. The van der Waals surface area contributed by atoms with Gasteiger partial charge in [-0.3, -0.25) is 24.6 Å². The van der Waals surface area contributed by atoms with E-state index in [0.29, 0.717) is 24.6 Å². The Balaban J connectivity index is 1.45. The predicted octanol–water partition coefficient (Wildman–Crippen LogP) is 2.96. The van der Waals surface area contributed by atoms with Gasteiger partial charge in [0.15, 0.2) is 0 Å². The minimum Gasteiger partial charge on any atom is -0.487 e. The number of allylic oxidation sites excluding steroid dienone is 4. The first kappa shape index (κ1) is 26.8. The first-order valence-electron chi connectivity index (χ1n) is 13.1. The van der Waals surface area contributed by atoms with E-state index < -0.39 is 11.9 Å². The number of carbonyl (C=O) groups excluding carboxylic acids is 3. The zero-order chi connectivity index (χ0) is 26.5. The number of nitrogens with zero attached hydrogens (tertiary/aromatic N) is 2. The molecule has 1 aromatic rings. The van der Waals surface area contributed by atoms with Gasteiger partial charge in [0.05, 0.1) is 0 Å². The zero-order valence-electron chi connectivity index (χ0n) is 22.0. The Kier molecular flexibility index (Phi) is 8.61. The Labute approximate surface area is 219 Å². The van der Waals surface area contributed by atoms with Crippen LogP contribution in [0.25, 0.3) is 0 Å². The third kappa shape index (κ3) is 6.37. The highest BCUT2D eigenvalue weighted by Crippen LogP contribution is 2.31. The van der Waals surface area contributed by atoms with Crippen molar-refractivity contribution in [3.63, 3.8) is 0 Å². The molecule has 3 heterocycles. The Bertz CT molecular complexity index is 1110. The van der Waals surface area contributed by atoms with Crippen LogP contribution in [0.3, 0.4) is 0 Å². The van der Waals surface area contributed by atoms with E-state index in [4.69, 9.17) is 4.74 Å². The van der Waals surface area contributed by atoms with Crippen LogP contribution in [0.15, 0.2) is 54.7 Å². The summed E-state index contributed by atoms with van der Waals surface area (Å²) in [6.45, 7) is 13.1. The molecular weight excluding hydrogens is 468 g/mol. The molecule has 4 rings (SSSR count).